The maximum Gasteiger partial charge on any atom is 0.259 e. The van der Waals surface area contributed by atoms with Crippen LogP contribution >= 0.6 is 0 Å². The number of hydrogen-bond donors (Lipinski definition) is 2. The first kappa shape index (κ1) is 14.0. The van der Waals surface area contributed by atoms with E-state index in [-0.39, 0.29) is 5.91 Å². The molecule has 1 aromatic carbocycles. The van der Waals surface area contributed by atoms with Gasteiger partial charge in [0.25, 0.3) is 5.91 Å². The lowest BCUT2D eigenvalue weighted by molar-refractivity contribution is 0.102. The van der Waals surface area contributed by atoms with E-state index in [2.05, 4.69) is 15.6 Å². The van der Waals surface area contributed by atoms with Gasteiger partial charge in [-0.1, -0.05) is 18.2 Å². The quantitative estimate of drug-likeness (QED) is 0.877. The molecule has 104 valence electrons. The number of aromatic nitrogens is 1. The Labute approximate surface area is 118 Å². The largest absolute Gasteiger partial charge is 0.380 e. The molecule has 0 radical (unpaired) electrons. The van der Waals surface area contributed by atoms with Crippen LogP contribution in [0.5, 0.6) is 0 Å². The predicted octanol–water partition coefficient (Wildman–Crippen LogP) is 2.52. The van der Waals surface area contributed by atoms with E-state index < -0.39 is 0 Å². The first-order valence-electron chi connectivity index (χ1n) is 6.27. The summed E-state index contributed by atoms with van der Waals surface area (Å²) in [6.07, 6.45) is 1.64. The second kappa shape index (κ2) is 6.68. The highest BCUT2D eigenvalue weighted by molar-refractivity contribution is 6.07. The number of carbonyl (C=O) groups is 1. The minimum Gasteiger partial charge on any atom is -0.380 e. The summed E-state index contributed by atoms with van der Waals surface area (Å²) in [4.78, 5) is 16.4. The number of pyridine rings is 1. The molecule has 1 aromatic heterocycles. The minimum absolute atomic E-state index is 0.203. The van der Waals surface area contributed by atoms with Crippen molar-refractivity contribution in [2.24, 2.45) is 0 Å². The molecule has 0 bridgehead atoms. The fourth-order valence-electron chi connectivity index (χ4n) is 1.90. The van der Waals surface area contributed by atoms with Crippen LogP contribution in [0.1, 0.15) is 15.9 Å². The van der Waals surface area contributed by atoms with Crippen LogP contribution in [0.25, 0.3) is 0 Å². The summed E-state index contributed by atoms with van der Waals surface area (Å²) in [6.45, 7) is 0.447. The van der Waals surface area contributed by atoms with Crippen LogP contribution in [0.2, 0.25) is 0 Å². The Morgan fingerprint density at radius 1 is 1.25 bits per heavy atom. The molecule has 0 aliphatic heterocycles. The number of carbonyl (C=O) groups excluding carboxylic acids is 1. The second-order valence-electron chi connectivity index (χ2n) is 4.19. The van der Waals surface area contributed by atoms with E-state index in [1.54, 1.807) is 32.5 Å². The van der Waals surface area contributed by atoms with Gasteiger partial charge in [0.1, 0.15) is 5.82 Å². The van der Waals surface area contributed by atoms with Crippen molar-refractivity contribution in [3.8, 4) is 0 Å². The summed E-state index contributed by atoms with van der Waals surface area (Å²) in [6, 6.07) is 11.0. The lowest BCUT2D eigenvalue weighted by atomic mass is 10.1. The number of methoxy groups -OCH3 is 1. The fraction of sp³-hybridized carbons (Fsp3) is 0.200. The van der Waals surface area contributed by atoms with Crippen molar-refractivity contribution in [1.29, 1.82) is 0 Å². The van der Waals surface area contributed by atoms with Gasteiger partial charge in [0.05, 0.1) is 12.2 Å². The van der Waals surface area contributed by atoms with Gasteiger partial charge < -0.3 is 15.4 Å². The number of rotatable bonds is 5. The van der Waals surface area contributed by atoms with Gasteiger partial charge in [0.15, 0.2) is 0 Å². The predicted molar refractivity (Wildman–Crippen MR) is 78.9 cm³/mol. The van der Waals surface area contributed by atoms with Crippen molar-refractivity contribution in [2.75, 3.05) is 24.8 Å². The van der Waals surface area contributed by atoms with Gasteiger partial charge in [-0.3, -0.25) is 4.79 Å². The first-order valence-corrected chi connectivity index (χ1v) is 6.27. The molecule has 0 saturated heterocycles. The lowest BCUT2D eigenvalue weighted by Gasteiger charge is -2.12. The highest BCUT2D eigenvalue weighted by Crippen LogP contribution is 2.18. The van der Waals surface area contributed by atoms with E-state index in [0.29, 0.717) is 18.0 Å². The monoisotopic (exact) mass is 271 g/mol. The molecule has 0 spiro atoms. The third kappa shape index (κ3) is 3.13. The molecule has 1 heterocycles. The molecular weight excluding hydrogens is 254 g/mol. The minimum atomic E-state index is -0.203. The number of nitrogens with zero attached hydrogens (tertiary/aromatic N) is 1. The highest BCUT2D eigenvalue weighted by atomic mass is 16.5. The number of benzene rings is 1. The van der Waals surface area contributed by atoms with E-state index in [9.17, 15) is 4.79 Å². The second-order valence-corrected chi connectivity index (χ2v) is 4.19. The van der Waals surface area contributed by atoms with Gasteiger partial charge in [-0.15, -0.1) is 0 Å². The molecule has 1 amide bonds. The average Bonchev–Trinajstić information content (AvgIpc) is 2.49. The van der Waals surface area contributed by atoms with Crippen molar-refractivity contribution in [3.05, 3.63) is 53.7 Å². The van der Waals surface area contributed by atoms with Crippen LogP contribution in [-0.2, 0) is 11.3 Å². The highest BCUT2D eigenvalue weighted by Gasteiger charge is 2.12. The maximum absolute atomic E-state index is 12.3. The Morgan fingerprint density at radius 3 is 2.80 bits per heavy atom. The summed E-state index contributed by atoms with van der Waals surface area (Å²) < 4.78 is 5.12. The molecule has 0 fully saturated rings. The molecule has 2 aromatic rings. The van der Waals surface area contributed by atoms with Crippen LogP contribution in [-0.4, -0.2) is 25.0 Å². The average molecular weight is 271 g/mol. The van der Waals surface area contributed by atoms with Crippen molar-refractivity contribution in [1.82, 2.24) is 4.98 Å². The summed E-state index contributed by atoms with van der Waals surface area (Å²) in [5.74, 6) is 0.347. The van der Waals surface area contributed by atoms with E-state index >= 15 is 0 Å². The molecule has 5 heteroatoms. The maximum atomic E-state index is 12.3. The Morgan fingerprint density at radius 2 is 2.05 bits per heavy atom. The summed E-state index contributed by atoms with van der Waals surface area (Å²) in [5, 5.41) is 5.79. The number of anilines is 2. The summed E-state index contributed by atoms with van der Waals surface area (Å²) in [7, 11) is 3.36. The van der Waals surface area contributed by atoms with Gasteiger partial charge in [-0.05, 0) is 18.2 Å². The van der Waals surface area contributed by atoms with E-state index in [1.807, 2.05) is 24.3 Å². The van der Waals surface area contributed by atoms with Crippen molar-refractivity contribution < 1.29 is 9.53 Å². The van der Waals surface area contributed by atoms with E-state index in [1.165, 1.54) is 0 Å². The van der Waals surface area contributed by atoms with Gasteiger partial charge in [-0.25, -0.2) is 4.98 Å². The molecule has 0 aliphatic rings. The molecule has 2 N–H and O–H groups in total. The summed E-state index contributed by atoms with van der Waals surface area (Å²) >= 11 is 0. The van der Waals surface area contributed by atoms with Crippen LogP contribution in [0.4, 0.5) is 11.5 Å². The normalized spacial score (nSPS) is 10.1. The van der Waals surface area contributed by atoms with Crippen LogP contribution < -0.4 is 10.6 Å². The van der Waals surface area contributed by atoms with E-state index in [4.69, 9.17) is 4.74 Å². The van der Waals surface area contributed by atoms with E-state index in [0.717, 1.165) is 11.3 Å². The van der Waals surface area contributed by atoms with Crippen molar-refractivity contribution in [3.63, 3.8) is 0 Å². The van der Waals surface area contributed by atoms with Crippen molar-refractivity contribution in [2.45, 2.75) is 6.61 Å². The zero-order valence-corrected chi connectivity index (χ0v) is 11.5. The Hall–Kier alpha value is -2.40. The topological polar surface area (TPSA) is 63.2 Å². The third-order valence-electron chi connectivity index (χ3n) is 2.85. The standard InChI is InChI=1S/C15H17N3O2/c1-16-14-12(7-5-9-17-14)15(19)18-13-8-4-3-6-11(13)10-20-2/h3-9H,10H2,1-2H3,(H,16,17)(H,18,19). The SMILES string of the molecule is CNc1ncccc1C(=O)Nc1ccccc1COC. The van der Waals surface area contributed by atoms with Crippen LogP contribution in [0.3, 0.4) is 0 Å². The molecule has 2 rings (SSSR count). The Bertz CT molecular complexity index is 599. The molecule has 0 saturated carbocycles. The van der Waals surface area contributed by atoms with Crippen LogP contribution in [0, 0.1) is 0 Å². The lowest BCUT2D eigenvalue weighted by Crippen LogP contribution is -2.15. The van der Waals surface area contributed by atoms with Crippen LogP contribution in [0.15, 0.2) is 42.6 Å². The number of amides is 1. The van der Waals surface area contributed by atoms with Gasteiger partial charge in [0, 0.05) is 31.6 Å². The van der Waals surface area contributed by atoms with Gasteiger partial charge in [0.2, 0.25) is 0 Å². The molecule has 0 unspecified atom stereocenters. The number of para-hydroxylation sites is 1. The Balaban J connectivity index is 2.24. The van der Waals surface area contributed by atoms with Crippen molar-refractivity contribution >= 4 is 17.4 Å². The third-order valence-corrected chi connectivity index (χ3v) is 2.85. The smallest absolute Gasteiger partial charge is 0.259 e. The zero-order chi connectivity index (χ0) is 14.4. The molecule has 5 nitrogen and oxygen atoms in total. The van der Waals surface area contributed by atoms with Gasteiger partial charge >= 0.3 is 0 Å². The molecule has 0 aliphatic carbocycles. The molecule has 0 atom stereocenters. The Kier molecular flexibility index (Phi) is 4.68. The first-order chi connectivity index (χ1) is 9.76. The number of hydrogen-bond acceptors (Lipinski definition) is 4. The number of nitrogens with one attached hydrogen (secondary N) is 2. The fourth-order valence-corrected chi connectivity index (χ4v) is 1.90. The molecule has 20 heavy (non-hydrogen) atoms. The number of ether oxygens (including phenoxy) is 1. The van der Waals surface area contributed by atoms with Gasteiger partial charge in [-0.2, -0.15) is 0 Å². The summed E-state index contributed by atoms with van der Waals surface area (Å²) in [5.41, 5.74) is 2.17. The molecular formula is C15H17N3O2. The zero-order valence-electron chi connectivity index (χ0n) is 11.5.